The molecule has 0 aromatic carbocycles. The number of hydrogen-bond donors (Lipinski definition) is 2. The lowest BCUT2D eigenvalue weighted by atomic mass is 9.49. The van der Waals surface area contributed by atoms with Crippen molar-refractivity contribution < 1.29 is 4.79 Å². The zero-order valence-electron chi connectivity index (χ0n) is 14.3. The number of nitrogens with one attached hydrogen (secondary N) is 2. The summed E-state index contributed by atoms with van der Waals surface area (Å²) in [7, 11) is 0. The second-order valence-electron chi connectivity index (χ2n) is 8.93. The molecule has 23 heavy (non-hydrogen) atoms. The van der Waals surface area contributed by atoms with Gasteiger partial charge < -0.3 is 10.6 Å². The minimum Gasteiger partial charge on any atom is -0.356 e. The summed E-state index contributed by atoms with van der Waals surface area (Å²) in [4.78, 5) is 12.3. The molecule has 4 saturated carbocycles. The van der Waals surface area contributed by atoms with Crippen molar-refractivity contribution >= 4 is 18.3 Å². The van der Waals surface area contributed by atoms with Gasteiger partial charge in [-0.2, -0.15) is 0 Å². The Balaban J connectivity index is 0.00000156. The molecule has 2 N–H and O–H groups in total. The Labute approximate surface area is 147 Å². The van der Waals surface area contributed by atoms with Crippen LogP contribution in [0.5, 0.6) is 0 Å². The summed E-state index contributed by atoms with van der Waals surface area (Å²) in [5.74, 6) is 4.04. The van der Waals surface area contributed by atoms with Crippen LogP contribution in [0.4, 0.5) is 0 Å². The molecule has 132 valence electrons. The van der Waals surface area contributed by atoms with Gasteiger partial charge in [0.2, 0.25) is 5.91 Å². The number of carbonyl (C=O) groups is 1. The summed E-state index contributed by atoms with van der Waals surface area (Å²) in [5.41, 5.74) is 0.485. The van der Waals surface area contributed by atoms with Gasteiger partial charge in [0, 0.05) is 13.0 Å². The number of hydrogen-bond acceptors (Lipinski definition) is 2. The third-order valence-corrected chi connectivity index (χ3v) is 7.06. The number of rotatable bonds is 5. The summed E-state index contributed by atoms with van der Waals surface area (Å²) in [6.45, 7) is 3.25. The number of halogens is 1. The van der Waals surface area contributed by atoms with Gasteiger partial charge in [-0.15, -0.1) is 12.4 Å². The van der Waals surface area contributed by atoms with Crippen LogP contribution < -0.4 is 10.6 Å². The summed E-state index contributed by atoms with van der Waals surface area (Å²) in [6, 6.07) is 0. The molecule has 4 aliphatic carbocycles. The minimum absolute atomic E-state index is 0. The van der Waals surface area contributed by atoms with Crippen LogP contribution in [0.2, 0.25) is 0 Å². The largest absolute Gasteiger partial charge is 0.356 e. The normalized spacial score (nSPS) is 39.0. The molecule has 0 aromatic heterocycles. The molecule has 5 rings (SSSR count). The van der Waals surface area contributed by atoms with E-state index in [0.29, 0.717) is 11.3 Å². The second kappa shape index (κ2) is 7.31. The zero-order chi connectivity index (χ0) is 15.0. The highest BCUT2D eigenvalue weighted by molar-refractivity contribution is 5.85. The fraction of sp³-hybridized carbons (Fsp3) is 0.947. The Bertz CT molecular complexity index is 384. The summed E-state index contributed by atoms with van der Waals surface area (Å²) >= 11 is 0. The molecule has 0 aromatic rings. The maximum absolute atomic E-state index is 12.3. The van der Waals surface area contributed by atoms with Gasteiger partial charge in [-0.1, -0.05) is 0 Å². The molecule has 1 heterocycles. The first-order valence-corrected chi connectivity index (χ1v) is 9.68. The predicted octanol–water partition coefficient (Wildman–Crippen LogP) is 3.52. The molecule has 1 aliphatic heterocycles. The van der Waals surface area contributed by atoms with Crippen molar-refractivity contribution in [2.75, 3.05) is 19.6 Å². The number of carbonyl (C=O) groups excluding carboxylic acids is 1. The molecular formula is C19H33ClN2O. The molecule has 1 saturated heterocycles. The van der Waals surface area contributed by atoms with Crippen molar-refractivity contribution in [3.63, 3.8) is 0 Å². The molecule has 0 spiro atoms. The van der Waals surface area contributed by atoms with Crippen molar-refractivity contribution in [3.05, 3.63) is 0 Å². The molecule has 4 heteroatoms. The van der Waals surface area contributed by atoms with Crippen LogP contribution in [0.15, 0.2) is 0 Å². The van der Waals surface area contributed by atoms with E-state index in [4.69, 9.17) is 0 Å². The van der Waals surface area contributed by atoms with E-state index in [1.54, 1.807) is 0 Å². The molecular weight excluding hydrogens is 308 g/mol. The molecule has 0 radical (unpaired) electrons. The average Bonchev–Trinajstić information content (AvgIpc) is 2.51. The molecule has 5 fully saturated rings. The van der Waals surface area contributed by atoms with Crippen molar-refractivity contribution in [2.24, 2.45) is 29.1 Å². The maximum Gasteiger partial charge on any atom is 0.220 e. The van der Waals surface area contributed by atoms with Crippen molar-refractivity contribution in [2.45, 2.75) is 64.2 Å². The Morgan fingerprint density at radius 2 is 1.57 bits per heavy atom. The van der Waals surface area contributed by atoms with E-state index in [-0.39, 0.29) is 12.4 Å². The Hall–Kier alpha value is -0.280. The Morgan fingerprint density at radius 3 is 2.13 bits per heavy atom. The highest BCUT2D eigenvalue weighted by Gasteiger charge is 2.50. The van der Waals surface area contributed by atoms with Crippen LogP contribution in [0, 0.1) is 29.1 Å². The van der Waals surface area contributed by atoms with Crippen LogP contribution in [-0.4, -0.2) is 25.5 Å². The SMILES string of the molecule is Cl.O=C(CCC1CCNCC1)NCC12CC3CC(CC(C3)C1)C2. The van der Waals surface area contributed by atoms with E-state index in [9.17, 15) is 4.79 Å². The quantitative estimate of drug-likeness (QED) is 0.804. The van der Waals surface area contributed by atoms with Crippen molar-refractivity contribution in [3.8, 4) is 0 Å². The third kappa shape index (κ3) is 4.04. The van der Waals surface area contributed by atoms with E-state index in [1.165, 1.54) is 51.4 Å². The highest BCUT2D eigenvalue weighted by Crippen LogP contribution is 2.59. The monoisotopic (exact) mass is 340 g/mol. The average molecular weight is 341 g/mol. The van der Waals surface area contributed by atoms with Crippen LogP contribution in [0.1, 0.15) is 64.2 Å². The van der Waals surface area contributed by atoms with Gasteiger partial charge in [0.25, 0.3) is 0 Å². The van der Waals surface area contributed by atoms with Crippen molar-refractivity contribution in [1.29, 1.82) is 0 Å². The molecule has 3 nitrogen and oxygen atoms in total. The zero-order valence-corrected chi connectivity index (χ0v) is 15.1. The molecule has 5 aliphatic rings. The van der Waals surface area contributed by atoms with Crippen LogP contribution >= 0.6 is 12.4 Å². The van der Waals surface area contributed by atoms with Gasteiger partial charge in [0.15, 0.2) is 0 Å². The number of piperidine rings is 1. The van der Waals surface area contributed by atoms with E-state index >= 15 is 0 Å². The lowest BCUT2D eigenvalue weighted by Crippen LogP contribution is -2.51. The first-order valence-electron chi connectivity index (χ1n) is 9.68. The van der Waals surface area contributed by atoms with Crippen LogP contribution in [-0.2, 0) is 4.79 Å². The lowest BCUT2D eigenvalue weighted by Gasteiger charge is -2.56. The molecule has 0 unspecified atom stereocenters. The van der Waals surface area contributed by atoms with E-state index in [0.717, 1.165) is 56.1 Å². The lowest BCUT2D eigenvalue weighted by molar-refractivity contribution is -0.123. The van der Waals surface area contributed by atoms with Gasteiger partial charge in [-0.05, 0) is 100.0 Å². The fourth-order valence-corrected chi connectivity index (χ4v) is 6.39. The first kappa shape index (κ1) is 17.5. The molecule has 4 bridgehead atoms. The van der Waals surface area contributed by atoms with Crippen LogP contribution in [0.3, 0.4) is 0 Å². The minimum atomic E-state index is 0. The van der Waals surface area contributed by atoms with E-state index in [2.05, 4.69) is 10.6 Å². The van der Waals surface area contributed by atoms with E-state index < -0.39 is 0 Å². The van der Waals surface area contributed by atoms with Crippen molar-refractivity contribution in [1.82, 2.24) is 10.6 Å². The van der Waals surface area contributed by atoms with Crippen LogP contribution in [0.25, 0.3) is 0 Å². The highest BCUT2D eigenvalue weighted by atomic mass is 35.5. The number of amides is 1. The topological polar surface area (TPSA) is 41.1 Å². The third-order valence-electron chi connectivity index (χ3n) is 7.06. The van der Waals surface area contributed by atoms with Gasteiger partial charge in [0.1, 0.15) is 0 Å². The standard InChI is InChI=1S/C19H32N2O.ClH/c22-18(2-1-14-3-5-20-6-4-14)21-13-19-10-15-7-16(11-19)9-17(8-15)12-19;/h14-17,20H,1-13H2,(H,21,22);1H. The smallest absolute Gasteiger partial charge is 0.220 e. The van der Waals surface area contributed by atoms with Gasteiger partial charge in [-0.3, -0.25) is 4.79 Å². The summed E-state index contributed by atoms with van der Waals surface area (Å²) < 4.78 is 0. The first-order chi connectivity index (χ1) is 10.7. The van der Waals surface area contributed by atoms with Gasteiger partial charge >= 0.3 is 0 Å². The molecule has 1 amide bonds. The van der Waals surface area contributed by atoms with Gasteiger partial charge in [-0.25, -0.2) is 0 Å². The fourth-order valence-electron chi connectivity index (χ4n) is 6.39. The predicted molar refractivity (Wildman–Crippen MR) is 95.7 cm³/mol. The summed E-state index contributed by atoms with van der Waals surface area (Å²) in [5, 5.41) is 6.73. The van der Waals surface area contributed by atoms with E-state index in [1.807, 2.05) is 0 Å². The summed E-state index contributed by atoms with van der Waals surface area (Å²) in [6.07, 6.45) is 13.0. The van der Waals surface area contributed by atoms with Gasteiger partial charge in [0.05, 0.1) is 0 Å². The Morgan fingerprint density at radius 1 is 1.00 bits per heavy atom. The molecule has 0 atom stereocenters. The maximum atomic E-state index is 12.3. The second-order valence-corrected chi connectivity index (χ2v) is 8.93. The Kier molecular flexibility index (Phi) is 5.57.